The molecule has 1 atom stereocenters. The molecule has 108 valence electrons. The van der Waals surface area contributed by atoms with E-state index in [0.29, 0.717) is 6.04 Å². The summed E-state index contributed by atoms with van der Waals surface area (Å²) in [5.74, 6) is 0.942. The van der Waals surface area contributed by atoms with E-state index >= 15 is 0 Å². The van der Waals surface area contributed by atoms with Crippen LogP contribution in [0.25, 0.3) is 10.9 Å². The third-order valence-electron chi connectivity index (χ3n) is 4.29. The molecule has 0 aliphatic heterocycles. The third kappa shape index (κ3) is 2.42. The van der Waals surface area contributed by atoms with Crippen molar-refractivity contribution in [3.63, 3.8) is 0 Å². The highest BCUT2D eigenvalue weighted by molar-refractivity contribution is 5.86. The van der Waals surface area contributed by atoms with E-state index in [-0.39, 0.29) is 0 Å². The van der Waals surface area contributed by atoms with Crippen LogP contribution < -0.4 is 10.1 Å². The SMILES string of the molecule is CCCNC1CCCCc2[nH]c3ccc(OC)cc3c21. The van der Waals surface area contributed by atoms with E-state index in [1.165, 1.54) is 47.8 Å². The number of benzene rings is 1. The quantitative estimate of drug-likeness (QED) is 0.827. The molecule has 0 saturated heterocycles. The number of nitrogens with one attached hydrogen (secondary N) is 2. The van der Waals surface area contributed by atoms with Gasteiger partial charge in [-0.1, -0.05) is 13.3 Å². The predicted octanol–water partition coefficient (Wildman–Crippen LogP) is 3.94. The van der Waals surface area contributed by atoms with Crippen LogP contribution in [0.15, 0.2) is 18.2 Å². The van der Waals surface area contributed by atoms with Gasteiger partial charge in [0.25, 0.3) is 0 Å². The lowest BCUT2D eigenvalue weighted by atomic mass is 10.0. The van der Waals surface area contributed by atoms with Gasteiger partial charge < -0.3 is 15.0 Å². The Morgan fingerprint density at radius 1 is 1.35 bits per heavy atom. The Kier molecular flexibility index (Phi) is 3.97. The molecular formula is C17H24N2O. The zero-order valence-corrected chi connectivity index (χ0v) is 12.5. The van der Waals surface area contributed by atoms with E-state index in [4.69, 9.17) is 4.74 Å². The highest BCUT2D eigenvalue weighted by atomic mass is 16.5. The first-order valence-corrected chi connectivity index (χ1v) is 7.75. The Balaban J connectivity index is 2.08. The molecule has 0 saturated carbocycles. The van der Waals surface area contributed by atoms with E-state index in [2.05, 4.69) is 29.4 Å². The van der Waals surface area contributed by atoms with Crippen LogP contribution in [0.3, 0.4) is 0 Å². The molecule has 1 aromatic heterocycles. The van der Waals surface area contributed by atoms with Crippen LogP contribution in [-0.4, -0.2) is 18.6 Å². The maximum atomic E-state index is 5.40. The number of ether oxygens (including phenoxy) is 1. The van der Waals surface area contributed by atoms with Crippen molar-refractivity contribution in [3.8, 4) is 5.75 Å². The topological polar surface area (TPSA) is 37.0 Å². The maximum absolute atomic E-state index is 5.40. The Morgan fingerprint density at radius 2 is 2.25 bits per heavy atom. The lowest BCUT2D eigenvalue weighted by Crippen LogP contribution is -2.22. The van der Waals surface area contributed by atoms with Crippen LogP contribution in [0.4, 0.5) is 0 Å². The normalized spacial score (nSPS) is 18.8. The van der Waals surface area contributed by atoms with Crippen LogP contribution in [0.2, 0.25) is 0 Å². The highest BCUT2D eigenvalue weighted by Gasteiger charge is 2.22. The first kappa shape index (κ1) is 13.5. The summed E-state index contributed by atoms with van der Waals surface area (Å²) in [6.45, 7) is 3.31. The summed E-state index contributed by atoms with van der Waals surface area (Å²) < 4.78 is 5.40. The van der Waals surface area contributed by atoms with Gasteiger partial charge >= 0.3 is 0 Å². The number of rotatable bonds is 4. The van der Waals surface area contributed by atoms with Crippen molar-refractivity contribution in [2.75, 3.05) is 13.7 Å². The monoisotopic (exact) mass is 272 g/mol. The van der Waals surface area contributed by atoms with E-state index in [1.54, 1.807) is 7.11 Å². The molecule has 2 N–H and O–H groups in total. The van der Waals surface area contributed by atoms with Gasteiger partial charge in [-0.15, -0.1) is 0 Å². The van der Waals surface area contributed by atoms with E-state index in [9.17, 15) is 0 Å². The minimum atomic E-state index is 0.480. The van der Waals surface area contributed by atoms with Gasteiger partial charge in [-0.3, -0.25) is 0 Å². The van der Waals surface area contributed by atoms with Crippen LogP contribution in [0.5, 0.6) is 5.75 Å². The number of H-pyrrole nitrogens is 1. The van der Waals surface area contributed by atoms with Crippen LogP contribution in [0, 0.1) is 0 Å². The molecule has 0 amide bonds. The van der Waals surface area contributed by atoms with Gasteiger partial charge in [-0.05, 0) is 56.0 Å². The summed E-state index contributed by atoms with van der Waals surface area (Å²) in [4.78, 5) is 3.62. The van der Waals surface area contributed by atoms with Gasteiger partial charge in [0.05, 0.1) is 7.11 Å². The van der Waals surface area contributed by atoms with Crippen molar-refractivity contribution in [1.82, 2.24) is 10.3 Å². The van der Waals surface area contributed by atoms with Crippen molar-refractivity contribution in [2.45, 2.75) is 45.1 Å². The molecule has 0 fully saturated rings. The van der Waals surface area contributed by atoms with E-state index in [1.807, 2.05) is 6.07 Å². The fraction of sp³-hybridized carbons (Fsp3) is 0.529. The van der Waals surface area contributed by atoms with Crippen molar-refractivity contribution >= 4 is 10.9 Å². The molecule has 1 aromatic carbocycles. The van der Waals surface area contributed by atoms with Gasteiger partial charge in [-0.25, -0.2) is 0 Å². The number of hydrogen-bond donors (Lipinski definition) is 2. The molecule has 0 radical (unpaired) electrons. The predicted molar refractivity (Wildman–Crippen MR) is 83.4 cm³/mol. The second-order valence-electron chi connectivity index (χ2n) is 5.68. The molecule has 0 bridgehead atoms. The summed E-state index contributed by atoms with van der Waals surface area (Å²) in [5, 5.41) is 5.05. The van der Waals surface area contributed by atoms with Gasteiger partial charge in [0.2, 0.25) is 0 Å². The molecule has 3 rings (SSSR count). The average Bonchev–Trinajstić information content (AvgIpc) is 2.71. The largest absolute Gasteiger partial charge is 0.497 e. The fourth-order valence-electron chi connectivity index (χ4n) is 3.29. The van der Waals surface area contributed by atoms with E-state index < -0.39 is 0 Å². The lowest BCUT2D eigenvalue weighted by Gasteiger charge is -2.17. The Hall–Kier alpha value is -1.48. The van der Waals surface area contributed by atoms with Crippen LogP contribution in [0.1, 0.15) is 49.9 Å². The molecule has 3 heteroatoms. The summed E-state index contributed by atoms with van der Waals surface area (Å²) in [6, 6.07) is 6.83. The molecular weight excluding hydrogens is 248 g/mol. The summed E-state index contributed by atoms with van der Waals surface area (Å²) in [7, 11) is 1.74. The Morgan fingerprint density at radius 3 is 3.05 bits per heavy atom. The van der Waals surface area contributed by atoms with Crippen molar-refractivity contribution in [3.05, 3.63) is 29.5 Å². The Labute approximate surface area is 120 Å². The zero-order valence-electron chi connectivity index (χ0n) is 12.5. The first-order chi connectivity index (χ1) is 9.83. The van der Waals surface area contributed by atoms with Crippen molar-refractivity contribution in [2.24, 2.45) is 0 Å². The second-order valence-corrected chi connectivity index (χ2v) is 5.68. The van der Waals surface area contributed by atoms with Crippen molar-refractivity contribution in [1.29, 1.82) is 0 Å². The fourth-order valence-corrected chi connectivity index (χ4v) is 3.29. The number of aromatic nitrogens is 1. The molecule has 1 unspecified atom stereocenters. The highest BCUT2D eigenvalue weighted by Crippen LogP contribution is 2.36. The number of methoxy groups -OCH3 is 1. The minimum absolute atomic E-state index is 0.480. The lowest BCUT2D eigenvalue weighted by molar-refractivity contribution is 0.415. The maximum Gasteiger partial charge on any atom is 0.119 e. The van der Waals surface area contributed by atoms with Crippen LogP contribution >= 0.6 is 0 Å². The number of fused-ring (bicyclic) bond motifs is 3. The number of hydrogen-bond acceptors (Lipinski definition) is 2. The summed E-state index contributed by atoms with van der Waals surface area (Å²) in [6.07, 6.45) is 6.15. The molecule has 1 aliphatic rings. The molecule has 20 heavy (non-hydrogen) atoms. The average molecular weight is 272 g/mol. The molecule has 3 nitrogen and oxygen atoms in total. The first-order valence-electron chi connectivity index (χ1n) is 7.75. The standard InChI is InChI=1S/C17H24N2O/c1-3-10-18-15-6-4-5-7-16-17(15)13-11-12(20-2)8-9-14(13)19-16/h8-9,11,15,18-19H,3-7,10H2,1-2H3. The zero-order chi connectivity index (χ0) is 13.9. The van der Waals surface area contributed by atoms with Gasteiger partial charge in [0, 0.05) is 22.6 Å². The molecule has 2 aromatic rings. The number of aryl methyl sites for hydroxylation is 1. The van der Waals surface area contributed by atoms with Crippen LogP contribution in [-0.2, 0) is 6.42 Å². The second kappa shape index (κ2) is 5.88. The summed E-state index contributed by atoms with van der Waals surface area (Å²) >= 11 is 0. The van der Waals surface area contributed by atoms with Gasteiger partial charge in [0.1, 0.15) is 5.75 Å². The van der Waals surface area contributed by atoms with Gasteiger partial charge in [-0.2, -0.15) is 0 Å². The smallest absolute Gasteiger partial charge is 0.119 e. The molecule has 0 spiro atoms. The van der Waals surface area contributed by atoms with Crippen molar-refractivity contribution < 1.29 is 4.74 Å². The minimum Gasteiger partial charge on any atom is -0.497 e. The van der Waals surface area contributed by atoms with E-state index in [0.717, 1.165) is 18.7 Å². The van der Waals surface area contributed by atoms with Gasteiger partial charge in [0.15, 0.2) is 0 Å². The number of aromatic amines is 1. The third-order valence-corrected chi connectivity index (χ3v) is 4.29. The summed E-state index contributed by atoms with van der Waals surface area (Å²) in [5.41, 5.74) is 4.13. The Bertz CT molecular complexity index is 588. The molecule has 1 aliphatic carbocycles. The molecule has 1 heterocycles.